The Bertz CT molecular complexity index is 863. The van der Waals surface area contributed by atoms with E-state index in [0.29, 0.717) is 11.3 Å². The molecule has 2 aromatic rings. The lowest BCUT2D eigenvalue weighted by Gasteiger charge is -2.16. The summed E-state index contributed by atoms with van der Waals surface area (Å²) in [7, 11) is 0. The third kappa shape index (κ3) is 7.03. The van der Waals surface area contributed by atoms with Gasteiger partial charge in [-0.05, 0) is 48.2 Å². The van der Waals surface area contributed by atoms with Gasteiger partial charge in [-0.25, -0.2) is 4.79 Å². The van der Waals surface area contributed by atoms with Gasteiger partial charge in [0, 0.05) is 11.8 Å². The molecule has 0 aliphatic carbocycles. The van der Waals surface area contributed by atoms with Gasteiger partial charge in [-0.1, -0.05) is 44.2 Å². The topological polar surface area (TPSA) is 64.6 Å². The van der Waals surface area contributed by atoms with Gasteiger partial charge >= 0.3 is 12.6 Å². The molecule has 1 N–H and O–H groups in total. The Morgan fingerprint density at radius 2 is 1.66 bits per heavy atom. The molecule has 1 atom stereocenters. The van der Waals surface area contributed by atoms with E-state index in [9.17, 15) is 18.4 Å². The van der Waals surface area contributed by atoms with Crippen LogP contribution in [0.15, 0.2) is 54.6 Å². The van der Waals surface area contributed by atoms with Gasteiger partial charge in [-0.2, -0.15) is 8.78 Å². The van der Waals surface area contributed by atoms with Gasteiger partial charge < -0.3 is 14.8 Å². The quantitative estimate of drug-likeness (QED) is 0.498. The summed E-state index contributed by atoms with van der Waals surface area (Å²) in [5, 5.41) is 2.78. The highest BCUT2D eigenvalue weighted by atomic mass is 19.3. The highest BCUT2D eigenvalue weighted by Gasteiger charge is 2.18. The SMILES string of the molecule is CC(C)c1ccccc1NC(=O)[C@@H](C)OC(=O)/C=C/c1ccc(OC(F)F)cc1. The molecule has 1 amide bonds. The van der Waals surface area contributed by atoms with Gasteiger partial charge in [0.25, 0.3) is 5.91 Å². The summed E-state index contributed by atoms with van der Waals surface area (Å²) in [4.78, 5) is 24.3. The summed E-state index contributed by atoms with van der Waals surface area (Å²) in [5.41, 5.74) is 2.25. The molecule has 0 aromatic heterocycles. The van der Waals surface area contributed by atoms with Crippen LogP contribution in [0.25, 0.3) is 6.08 Å². The number of para-hydroxylation sites is 1. The van der Waals surface area contributed by atoms with Crippen LogP contribution in [0.1, 0.15) is 37.8 Å². The zero-order chi connectivity index (χ0) is 21.4. The summed E-state index contributed by atoms with van der Waals surface area (Å²) in [6.07, 6.45) is 1.62. The largest absolute Gasteiger partial charge is 0.449 e. The van der Waals surface area contributed by atoms with Gasteiger partial charge in [-0.3, -0.25) is 4.79 Å². The van der Waals surface area contributed by atoms with Crippen molar-refractivity contribution >= 4 is 23.6 Å². The molecule has 0 aliphatic heterocycles. The number of halogens is 2. The van der Waals surface area contributed by atoms with Crippen LogP contribution in [0, 0.1) is 0 Å². The van der Waals surface area contributed by atoms with Crippen LogP contribution in [-0.2, 0) is 14.3 Å². The lowest BCUT2D eigenvalue weighted by Crippen LogP contribution is -2.29. The van der Waals surface area contributed by atoms with Crippen LogP contribution in [0.3, 0.4) is 0 Å². The molecule has 0 saturated carbocycles. The Balaban J connectivity index is 1.91. The number of rotatable bonds is 8. The van der Waals surface area contributed by atoms with Gasteiger partial charge in [0.1, 0.15) is 5.75 Å². The van der Waals surface area contributed by atoms with Crippen molar-refractivity contribution in [2.24, 2.45) is 0 Å². The van der Waals surface area contributed by atoms with Crippen molar-refractivity contribution in [2.75, 3.05) is 5.32 Å². The molecular formula is C22H23F2NO4. The zero-order valence-corrected chi connectivity index (χ0v) is 16.4. The highest BCUT2D eigenvalue weighted by Crippen LogP contribution is 2.24. The first-order valence-corrected chi connectivity index (χ1v) is 9.09. The smallest absolute Gasteiger partial charge is 0.387 e. The maximum atomic E-state index is 12.3. The van der Waals surface area contributed by atoms with Crippen molar-refractivity contribution in [3.63, 3.8) is 0 Å². The molecule has 29 heavy (non-hydrogen) atoms. The van der Waals surface area contributed by atoms with Gasteiger partial charge in [0.15, 0.2) is 6.10 Å². The molecule has 7 heteroatoms. The second-order valence-electron chi connectivity index (χ2n) is 6.59. The molecular weight excluding hydrogens is 380 g/mol. The Labute approximate surface area is 168 Å². The van der Waals surface area contributed by atoms with Crippen molar-refractivity contribution < 1.29 is 27.8 Å². The number of amides is 1. The number of benzene rings is 2. The summed E-state index contributed by atoms with van der Waals surface area (Å²) in [5.74, 6) is -0.887. The average molecular weight is 403 g/mol. The van der Waals surface area contributed by atoms with Crippen LogP contribution in [0.2, 0.25) is 0 Å². The minimum absolute atomic E-state index is 0.0201. The van der Waals surface area contributed by atoms with E-state index in [4.69, 9.17) is 4.74 Å². The minimum atomic E-state index is -2.90. The molecule has 2 aromatic carbocycles. The molecule has 0 aliphatic rings. The van der Waals surface area contributed by atoms with Crippen molar-refractivity contribution in [2.45, 2.75) is 39.4 Å². The van der Waals surface area contributed by atoms with E-state index in [0.717, 1.165) is 11.6 Å². The minimum Gasteiger partial charge on any atom is -0.449 e. The van der Waals surface area contributed by atoms with Crippen LogP contribution in [0.5, 0.6) is 5.75 Å². The van der Waals surface area contributed by atoms with Gasteiger partial charge in [0.05, 0.1) is 0 Å². The van der Waals surface area contributed by atoms with E-state index in [-0.39, 0.29) is 11.7 Å². The predicted molar refractivity (Wildman–Crippen MR) is 107 cm³/mol. The zero-order valence-electron chi connectivity index (χ0n) is 16.4. The first kappa shape index (κ1) is 22.1. The number of esters is 1. The van der Waals surface area contributed by atoms with Crippen LogP contribution < -0.4 is 10.1 Å². The first-order valence-electron chi connectivity index (χ1n) is 9.09. The number of carbonyl (C=O) groups excluding carboxylic acids is 2. The second-order valence-corrected chi connectivity index (χ2v) is 6.59. The van der Waals surface area contributed by atoms with Crippen LogP contribution in [-0.4, -0.2) is 24.6 Å². The van der Waals surface area contributed by atoms with E-state index in [1.54, 1.807) is 6.07 Å². The summed E-state index contributed by atoms with van der Waals surface area (Å²) < 4.78 is 33.6. The highest BCUT2D eigenvalue weighted by molar-refractivity contribution is 5.97. The third-order valence-corrected chi connectivity index (χ3v) is 4.02. The lowest BCUT2D eigenvalue weighted by molar-refractivity contribution is -0.148. The number of anilines is 1. The molecule has 0 bridgehead atoms. The molecule has 154 valence electrons. The molecule has 0 unspecified atom stereocenters. The predicted octanol–water partition coefficient (Wildman–Crippen LogP) is 5.00. The van der Waals surface area contributed by atoms with E-state index in [1.807, 2.05) is 32.0 Å². The molecule has 0 radical (unpaired) electrons. The summed E-state index contributed by atoms with van der Waals surface area (Å²) in [6, 6.07) is 13.2. The lowest BCUT2D eigenvalue weighted by atomic mass is 10.0. The Morgan fingerprint density at radius 3 is 2.28 bits per heavy atom. The molecule has 0 saturated heterocycles. The Kier molecular flexibility index (Phi) is 7.88. The molecule has 2 rings (SSSR count). The number of carbonyl (C=O) groups is 2. The fourth-order valence-electron chi connectivity index (χ4n) is 2.54. The van der Waals surface area contributed by atoms with Gasteiger partial charge in [-0.15, -0.1) is 0 Å². The van der Waals surface area contributed by atoms with Crippen LogP contribution in [0.4, 0.5) is 14.5 Å². The Morgan fingerprint density at radius 1 is 1.00 bits per heavy atom. The fraction of sp³-hybridized carbons (Fsp3) is 0.273. The fourth-order valence-corrected chi connectivity index (χ4v) is 2.54. The van der Waals surface area contributed by atoms with E-state index >= 15 is 0 Å². The summed E-state index contributed by atoms with van der Waals surface area (Å²) >= 11 is 0. The first-order chi connectivity index (χ1) is 13.8. The normalized spacial score (nSPS) is 12.2. The maximum Gasteiger partial charge on any atom is 0.387 e. The van der Waals surface area contributed by atoms with Crippen molar-refractivity contribution in [3.8, 4) is 5.75 Å². The number of alkyl halides is 2. The molecule has 5 nitrogen and oxygen atoms in total. The Hall–Kier alpha value is -3.22. The standard InChI is InChI=1S/C22H23F2NO4/c1-14(2)18-6-4-5-7-19(18)25-21(27)15(3)28-20(26)13-10-16-8-11-17(12-9-16)29-22(23)24/h4-15,22H,1-3H3,(H,25,27)/b13-10+/t15-/m1/s1. The van der Waals surface area contributed by atoms with Crippen molar-refractivity contribution in [3.05, 3.63) is 65.7 Å². The molecule has 0 spiro atoms. The van der Waals surface area contributed by atoms with Crippen LogP contribution >= 0.6 is 0 Å². The second kappa shape index (κ2) is 10.4. The molecule has 0 fully saturated rings. The van der Waals surface area contributed by atoms with Crippen molar-refractivity contribution in [1.82, 2.24) is 0 Å². The summed E-state index contributed by atoms with van der Waals surface area (Å²) in [6.45, 7) is 2.62. The maximum absolute atomic E-state index is 12.3. The number of hydrogen-bond acceptors (Lipinski definition) is 4. The number of hydrogen-bond donors (Lipinski definition) is 1. The average Bonchev–Trinajstić information content (AvgIpc) is 2.67. The number of ether oxygens (including phenoxy) is 2. The van der Waals surface area contributed by atoms with Gasteiger partial charge in [0.2, 0.25) is 0 Å². The van der Waals surface area contributed by atoms with E-state index in [1.165, 1.54) is 37.3 Å². The number of nitrogens with one attached hydrogen (secondary N) is 1. The van der Waals surface area contributed by atoms with E-state index in [2.05, 4.69) is 10.1 Å². The van der Waals surface area contributed by atoms with E-state index < -0.39 is 24.6 Å². The monoisotopic (exact) mass is 403 g/mol. The third-order valence-electron chi connectivity index (χ3n) is 4.02. The molecule has 0 heterocycles. The van der Waals surface area contributed by atoms with Crippen molar-refractivity contribution in [1.29, 1.82) is 0 Å².